The highest BCUT2D eigenvalue weighted by atomic mass is 19.4. The number of hydrogen-bond donors (Lipinski definition) is 2. The van der Waals surface area contributed by atoms with Gasteiger partial charge in [-0.15, -0.1) is 0 Å². The van der Waals surface area contributed by atoms with E-state index in [9.17, 15) is 31.5 Å². The Morgan fingerprint density at radius 1 is 0.923 bits per heavy atom. The summed E-state index contributed by atoms with van der Waals surface area (Å²) in [5, 5.41) is 4.20. The van der Waals surface area contributed by atoms with E-state index in [0.717, 1.165) is 18.2 Å². The van der Waals surface area contributed by atoms with Crippen molar-refractivity contribution in [3.05, 3.63) is 65.2 Å². The minimum absolute atomic E-state index is 0.0838. The van der Waals surface area contributed by atoms with E-state index in [1.165, 1.54) is 24.3 Å². The summed E-state index contributed by atoms with van der Waals surface area (Å²) in [5.41, 5.74) is 0.675. The molecule has 0 bridgehead atoms. The molecule has 0 aliphatic heterocycles. The predicted molar refractivity (Wildman–Crippen MR) is 83.5 cm³/mol. The first-order chi connectivity index (χ1) is 12.1. The number of carbonyl (C=O) groups is 2. The standard InChI is InChI=1S/C17H13F5N2O2/c18-13-6-3-11(8-14(13)19)16(26)24-12-4-1-10(2-5-12)7-15(25)23-9-17(20,21)22/h1-6,8H,7,9H2,(H,23,25)(H,24,26). The first kappa shape index (κ1) is 19.4. The minimum atomic E-state index is -4.48. The molecule has 2 aromatic carbocycles. The van der Waals surface area contributed by atoms with Crippen molar-refractivity contribution >= 4 is 17.5 Å². The van der Waals surface area contributed by atoms with Gasteiger partial charge in [-0.1, -0.05) is 12.1 Å². The van der Waals surface area contributed by atoms with E-state index >= 15 is 0 Å². The van der Waals surface area contributed by atoms with E-state index in [4.69, 9.17) is 0 Å². The van der Waals surface area contributed by atoms with E-state index in [0.29, 0.717) is 11.3 Å². The van der Waals surface area contributed by atoms with Crippen molar-refractivity contribution in [3.8, 4) is 0 Å². The molecule has 138 valence electrons. The molecule has 9 heteroatoms. The lowest BCUT2D eigenvalue weighted by Gasteiger charge is -2.09. The van der Waals surface area contributed by atoms with Crippen LogP contribution in [0.15, 0.2) is 42.5 Å². The normalized spacial score (nSPS) is 11.1. The van der Waals surface area contributed by atoms with Crippen LogP contribution >= 0.6 is 0 Å². The van der Waals surface area contributed by atoms with Crippen LogP contribution in [0.3, 0.4) is 0 Å². The van der Waals surface area contributed by atoms with Gasteiger partial charge in [0.2, 0.25) is 5.91 Å². The van der Waals surface area contributed by atoms with Gasteiger partial charge in [-0.05, 0) is 35.9 Å². The molecular weight excluding hydrogens is 359 g/mol. The van der Waals surface area contributed by atoms with Crippen LogP contribution in [0.1, 0.15) is 15.9 Å². The molecule has 0 atom stereocenters. The quantitative estimate of drug-likeness (QED) is 0.790. The third-order valence-corrected chi connectivity index (χ3v) is 3.24. The highest BCUT2D eigenvalue weighted by Gasteiger charge is 2.27. The molecule has 0 fully saturated rings. The summed E-state index contributed by atoms with van der Waals surface area (Å²) in [4.78, 5) is 23.4. The summed E-state index contributed by atoms with van der Waals surface area (Å²) in [6.45, 7) is -1.41. The van der Waals surface area contributed by atoms with Crippen molar-refractivity contribution in [2.24, 2.45) is 0 Å². The van der Waals surface area contributed by atoms with Crippen LogP contribution in [0.2, 0.25) is 0 Å². The van der Waals surface area contributed by atoms with Gasteiger partial charge in [0.15, 0.2) is 11.6 Å². The Labute approximate surface area is 145 Å². The van der Waals surface area contributed by atoms with Crippen LogP contribution in [0.25, 0.3) is 0 Å². The zero-order chi connectivity index (χ0) is 19.3. The van der Waals surface area contributed by atoms with Gasteiger partial charge in [0.05, 0.1) is 6.42 Å². The van der Waals surface area contributed by atoms with Gasteiger partial charge in [-0.2, -0.15) is 13.2 Å². The van der Waals surface area contributed by atoms with Crippen LogP contribution in [0.5, 0.6) is 0 Å². The fraction of sp³-hybridized carbons (Fsp3) is 0.176. The van der Waals surface area contributed by atoms with Gasteiger partial charge in [0, 0.05) is 11.3 Å². The average molecular weight is 372 g/mol. The van der Waals surface area contributed by atoms with Crippen LogP contribution in [-0.4, -0.2) is 24.5 Å². The van der Waals surface area contributed by atoms with Crippen LogP contribution in [0, 0.1) is 11.6 Å². The van der Waals surface area contributed by atoms with Gasteiger partial charge in [0.1, 0.15) is 6.54 Å². The molecular formula is C17H13F5N2O2. The van der Waals surface area contributed by atoms with Gasteiger partial charge in [0.25, 0.3) is 5.91 Å². The number of halogens is 5. The summed E-state index contributed by atoms with van der Waals surface area (Å²) in [5.74, 6) is -3.69. The van der Waals surface area contributed by atoms with E-state index < -0.39 is 36.2 Å². The molecule has 0 unspecified atom stereocenters. The molecule has 2 aromatic rings. The van der Waals surface area contributed by atoms with Crippen LogP contribution < -0.4 is 10.6 Å². The molecule has 4 nitrogen and oxygen atoms in total. The fourth-order valence-electron chi connectivity index (χ4n) is 1.99. The zero-order valence-electron chi connectivity index (χ0n) is 13.2. The van der Waals surface area contributed by atoms with E-state index in [2.05, 4.69) is 5.32 Å². The smallest absolute Gasteiger partial charge is 0.347 e. The third-order valence-electron chi connectivity index (χ3n) is 3.24. The Bertz CT molecular complexity index is 804. The number of nitrogens with one attached hydrogen (secondary N) is 2. The summed E-state index contributed by atoms with van der Waals surface area (Å²) in [6.07, 6.45) is -4.74. The minimum Gasteiger partial charge on any atom is -0.347 e. The van der Waals surface area contributed by atoms with Gasteiger partial charge in [-0.3, -0.25) is 9.59 Å². The number of benzene rings is 2. The number of carbonyl (C=O) groups excluding carboxylic acids is 2. The largest absolute Gasteiger partial charge is 0.405 e. The summed E-state index contributed by atoms with van der Waals surface area (Å²) < 4.78 is 62.0. The monoisotopic (exact) mass is 372 g/mol. The first-order valence-electron chi connectivity index (χ1n) is 7.33. The van der Waals surface area contributed by atoms with E-state index in [1.807, 2.05) is 0 Å². The highest BCUT2D eigenvalue weighted by molar-refractivity contribution is 6.04. The summed E-state index contributed by atoms with van der Waals surface area (Å²) >= 11 is 0. The summed E-state index contributed by atoms with van der Waals surface area (Å²) in [7, 11) is 0. The molecule has 0 saturated heterocycles. The number of alkyl halides is 3. The van der Waals surface area contributed by atoms with Crippen molar-refractivity contribution in [1.82, 2.24) is 5.32 Å². The maximum Gasteiger partial charge on any atom is 0.405 e. The Morgan fingerprint density at radius 2 is 1.58 bits per heavy atom. The van der Waals surface area contributed by atoms with Crippen molar-refractivity contribution in [3.63, 3.8) is 0 Å². The Hall–Kier alpha value is -2.97. The first-order valence-corrected chi connectivity index (χ1v) is 7.33. The number of amides is 2. The van der Waals surface area contributed by atoms with Gasteiger partial charge < -0.3 is 10.6 Å². The van der Waals surface area contributed by atoms with Crippen LogP contribution in [-0.2, 0) is 11.2 Å². The Kier molecular flexibility index (Phi) is 5.91. The molecule has 0 aliphatic carbocycles. The number of rotatable bonds is 5. The zero-order valence-corrected chi connectivity index (χ0v) is 13.2. The second-order valence-electron chi connectivity index (χ2n) is 5.35. The van der Waals surface area contributed by atoms with E-state index in [-0.39, 0.29) is 12.0 Å². The number of anilines is 1. The lowest BCUT2D eigenvalue weighted by atomic mass is 10.1. The van der Waals surface area contributed by atoms with Gasteiger partial charge >= 0.3 is 6.18 Å². The SMILES string of the molecule is O=C(Cc1ccc(NC(=O)c2ccc(F)c(F)c2)cc1)NCC(F)(F)F. The van der Waals surface area contributed by atoms with Crippen molar-refractivity contribution in [2.45, 2.75) is 12.6 Å². The van der Waals surface area contributed by atoms with E-state index in [1.54, 1.807) is 5.32 Å². The lowest BCUT2D eigenvalue weighted by molar-refractivity contribution is -0.138. The van der Waals surface area contributed by atoms with Crippen LogP contribution in [0.4, 0.5) is 27.6 Å². The second-order valence-corrected chi connectivity index (χ2v) is 5.35. The maximum absolute atomic E-state index is 13.1. The summed E-state index contributed by atoms with van der Waals surface area (Å²) in [6, 6.07) is 8.47. The molecule has 26 heavy (non-hydrogen) atoms. The Morgan fingerprint density at radius 3 is 2.15 bits per heavy atom. The Balaban J connectivity index is 1.93. The highest BCUT2D eigenvalue weighted by Crippen LogP contribution is 2.15. The van der Waals surface area contributed by atoms with Gasteiger partial charge in [-0.25, -0.2) is 8.78 Å². The average Bonchev–Trinajstić information content (AvgIpc) is 2.56. The number of hydrogen-bond acceptors (Lipinski definition) is 2. The van der Waals surface area contributed by atoms with Crippen molar-refractivity contribution in [2.75, 3.05) is 11.9 Å². The fourth-order valence-corrected chi connectivity index (χ4v) is 1.99. The lowest BCUT2D eigenvalue weighted by Crippen LogP contribution is -2.34. The molecule has 0 aliphatic rings. The molecule has 0 heterocycles. The molecule has 2 rings (SSSR count). The molecule has 0 spiro atoms. The second kappa shape index (κ2) is 7.94. The molecule has 2 N–H and O–H groups in total. The predicted octanol–water partition coefficient (Wildman–Crippen LogP) is 3.44. The van der Waals surface area contributed by atoms with Crippen molar-refractivity contribution < 1.29 is 31.5 Å². The van der Waals surface area contributed by atoms with Crippen molar-refractivity contribution in [1.29, 1.82) is 0 Å². The molecule has 2 amide bonds. The molecule has 0 aromatic heterocycles. The molecule has 0 saturated carbocycles. The maximum atomic E-state index is 13.1. The third kappa shape index (κ3) is 5.83. The molecule has 0 radical (unpaired) electrons. The topological polar surface area (TPSA) is 58.2 Å².